The van der Waals surface area contributed by atoms with E-state index in [0.29, 0.717) is 61.2 Å². The van der Waals surface area contributed by atoms with Crippen molar-refractivity contribution in [2.24, 2.45) is 0 Å². The van der Waals surface area contributed by atoms with E-state index in [-0.39, 0.29) is 11.0 Å². The Morgan fingerprint density at radius 2 is 1.69 bits per heavy atom. The molecule has 5 rings (SSSR count). The lowest BCUT2D eigenvalue weighted by molar-refractivity contribution is 0.188. The molecular weight excluding hydrogens is 468 g/mol. The zero-order chi connectivity index (χ0) is 24.3. The van der Waals surface area contributed by atoms with Gasteiger partial charge in [-0.15, -0.1) is 0 Å². The molecule has 0 spiro atoms. The van der Waals surface area contributed by atoms with Crippen molar-refractivity contribution >= 4 is 21.2 Å². The maximum Gasteiger partial charge on any atom is 0.245 e. The number of hydrogen-bond donors (Lipinski definition) is 0. The Hall–Kier alpha value is -2.89. The monoisotopic (exact) mass is 498 g/mol. The summed E-state index contributed by atoms with van der Waals surface area (Å²) in [5, 5.41) is 0. The fourth-order valence-corrected chi connectivity index (χ4v) is 6.01. The summed E-state index contributed by atoms with van der Waals surface area (Å²) >= 11 is 0. The molecule has 10 nitrogen and oxygen atoms in total. The van der Waals surface area contributed by atoms with E-state index in [0.717, 1.165) is 19.4 Å². The van der Waals surface area contributed by atoms with E-state index in [1.54, 1.807) is 48.1 Å². The number of nitrogens with zero attached hydrogens (tertiary/aromatic N) is 6. The Morgan fingerprint density at radius 3 is 2.40 bits per heavy atom. The summed E-state index contributed by atoms with van der Waals surface area (Å²) in [4.78, 5) is 20.5. The summed E-state index contributed by atoms with van der Waals surface area (Å²) in [6.07, 6.45) is 8.46. The number of sulfonamides is 1. The van der Waals surface area contributed by atoms with Crippen LogP contribution in [0.3, 0.4) is 0 Å². The van der Waals surface area contributed by atoms with Crippen LogP contribution in [0.1, 0.15) is 31.5 Å². The highest BCUT2D eigenvalue weighted by Gasteiger charge is 2.28. The molecule has 1 aliphatic carbocycles. The van der Waals surface area contributed by atoms with Crippen LogP contribution in [-0.2, 0) is 16.4 Å². The van der Waals surface area contributed by atoms with Crippen LogP contribution >= 0.6 is 0 Å². The predicted molar refractivity (Wildman–Crippen MR) is 130 cm³/mol. The summed E-state index contributed by atoms with van der Waals surface area (Å²) in [6.45, 7) is 2.90. The largest absolute Gasteiger partial charge is 0.497 e. The smallest absolute Gasteiger partial charge is 0.245 e. The van der Waals surface area contributed by atoms with Crippen molar-refractivity contribution in [2.45, 2.75) is 43.1 Å². The molecule has 1 aromatic carbocycles. The van der Waals surface area contributed by atoms with Gasteiger partial charge in [0.15, 0.2) is 11.2 Å². The van der Waals surface area contributed by atoms with E-state index in [9.17, 15) is 8.42 Å². The molecule has 3 heterocycles. The lowest BCUT2D eigenvalue weighted by atomic mass is 10.3. The molecule has 0 bridgehead atoms. The van der Waals surface area contributed by atoms with E-state index in [4.69, 9.17) is 9.47 Å². The van der Waals surface area contributed by atoms with Gasteiger partial charge in [-0.3, -0.25) is 0 Å². The number of hydrogen-bond acceptors (Lipinski definition) is 9. The lowest BCUT2D eigenvalue weighted by Crippen LogP contribution is -2.49. The molecular formula is C24H30N6O4S. The van der Waals surface area contributed by atoms with Crippen molar-refractivity contribution in [3.05, 3.63) is 42.5 Å². The lowest BCUT2D eigenvalue weighted by Gasteiger charge is -2.33. The summed E-state index contributed by atoms with van der Waals surface area (Å²) in [5.41, 5.74) is 1.14. The Bertz CT molecular complexity index is 1260. The quantitative estimate of drug-likeness (QED) is 0.462. The topological polar surface area (TPSA) is 111 Å². The number of piperazine rings is 1. The van der Waals surface area contributed by atoms with Gasteiger partial charge in [-0.25, -0.2) is 23.4 Å². The average molecular weight is 499 g/mol. The minimum atomic E-state index is -3.52. The molecule has 3 aromatic rings. The van der Waals surface area contributed by atoms with Gasteiger partial charge in [-0.1, -0.05) is 0 Å². The molecule has 0 N–H and O–H groups in total. The molecule has 1 saturated carbocycles. The molecule has 1 aliphatic heterocycles. The van der Waals surface area contributed by atoms with E-state index < -0.39 is 10.0 Å². The van der Waals surface area contributed by atoms with Crippen LogP contribution < -0.4 is 9.47 Å². The summed E-state index contributed by atoms with van der Waals surface area (Å²) in [7, 11) is -1.97. The molecule has 2 aliphatic rings. The van der Waals surface area contributed by atoms with Crippen LogP contribution in [0.2, 0.25) is 0 Å². The number of benzene rings is 1. The van der Waals surface area contributed by atoms with E-state index in [1.807, 2.05) is 0 Å². The number of aromatic nitrogens is 4. The number of fused-ring (bicyclic) bond motifs is 1. The SMILES string of the molecule is COc1ccc(S(=O)(=O)N2CCN(CCc3nc(OC4CCCC4)c4nccnc4n3)CC2)cc1. The van der Waals surface area contributed by atoms with E-state index >= 15 is 0 Å². The van der Waals surface area contributed by atoms with E-state index in [1.165, 1.54) is 12.8 Å². The molecule has 35 heavy (non-hydrogen) atoms. The number of rotatable bonds is 8. The van der Waals surface area contributed by atoms with Crippen LogP contribution in [0.25, 0.3) is 11.2 Å². The van der Waals surface area contributed by atoms with Crippen LogP contribution in [0.15, 0.2) is 41.6 Å². The molecule has 2 aromatic heterocycles. The fourth-order valence-electron chi connectivity index (χ4n) is 4.59. The van der Waals surface area contributed by atoms with Gasteiger partial charge in [0.25, 0.3) is 0 Å². The maximum atomic E-state index is 13.0. The molecule has 2 fully saturated rings. The zero-order valence-corrected chi connectivity index (χ0v) is 20.7. The van der Waals surface area contributed by atoms with Gasteiger partial charge >= 0.3 is 0 Å². The molecule has 1 saturated heterocycles. The Kier molecular flexibility index (Phi) is 7.07. The first-order chi connectivity index (χ1) is 17.0. The van der Waals surface area contributed by atoms with Gasteiger partial charge in [0.1, 0.15) is 17.7 Å². The molecule has 0 radical (unpaired) electrons. The van der Waals surface area contributed by atoms with Gasteiger partial charge in [0, 0.05) is 51.5 Å². The summed E-state index contributed by atoms with van der Waals surface area (Å²) in [5.74, 6) is 1.81. The first kappa shape index (κ1) is 23.8. The van der Waals surface area contributed by atoms with Gasteiger partial charge in [0.2, 0.25) is 15.9 Å². The Balaban J connectivity index is 1.21. The highest BCUT2D eigenvalue weighted by atomic mass is 32.2. The molecule has 186 valence electrons. The Labute approximate surface area is 205 Å². The maximum absolute atomic E-state index is 13.0. The third-order valence-corrected chi connectivity index (χ3v) is 8.52. The number of methoxy groups -OCH3 is 1. The number of ether oxygens (including phenoxy) is 2. The second-order valence-corrected chi connectivity index (χ2v) is 10.8. The summed E-state index contributed by atoms with van der Waals surface area (Å²) < 4.78 is 38.8. The van der Waals surface area contributed by atoms with Crippen molar-refractivity contribution < 1.29 is 17.9 Å². The highest BCUT2D eigenvalue weighted by Crippen LogP contribution is 2.26. The minimum Gasteiger partial charge on any atom is -0.497 e. The van der Waals surface area contributed by atoms with Crippen molar-refractivity contribution in [2.75, 3.05) is 39.8 Å². The van der Waals surface area contributed by atoms with Gasteiger partial charge in [0.05, 0.1) is 12.0 Å². The Morgan fingerprint density at radius 1 is 0.971 bits per heavy atom. The van der Waals surface area contributed by atoms with Gasteiger partial charge < -0.3 is 14.4 Å². The van der Waals surface area contributed by atoms with Crippen molar-refractivity contribution in [3.63, 3.8) is 0 Å². The third-order valence-electron chi connectivity index (χ3n) is 6.61. The molecule has 0 atom stereocenters. The first-order valence-electron chi connectivity index (χ1n) is 12.0. The minimum absolute atomic E-state index is 0.170. The van der Waals surface area contributed by atoms with Crippen LogP contribution in [0.5, 0.6) is 11.6 Å². The molecule has 0 unspecified atom stereocenters. The van der Waals surface area contributed by atoms with Crippen molar-refractivity contribution in [1.29, 1.82) is 0 Å². The van der Waals surface area contributed by atoms with Crippen LogP contribution in [-0.4, -0.2) is 83.5 Å². The second-order valence-electron chi connectivity index (χ2n) is 8.87. The van der Waals surface area contributed by atoms with Crippen molar-refractivity contribution in [1.82, 2.24) is 29.1 Å². The van der Waals surface area contributed by atoms with E-state index in [2.05, 4.69) is 24.8 Å². The second kappa shape index (κ2) is 10.4. The van der Waals surface area contributed by atoms with Crippen molar-refractivity contribution in [3.8, 4) is 11.6 Å². The molecule has 11 heteroatoms. The van der Waals surface area contributed by atoms with Crippen LogP contribution in [0.4, 0.5) is 0 Å². The first-order valence-corrected chi connectivity index (χ1v) is 13.5. The molecule has 0 amide bonds. The average Bonchev–Trinajstić information content (AvgIpc) is 3.41. The fraction of sp³-hybridized carbons (Fsp3) is 0.500. The van der Waals surface area contributed by atoms with Crippen LogP contribution in [0, 0.1) is 0 Å². The normalized spacial score (nSPS) is 18.2. The summed E-state index contributed by atoms with van der Waals surface area (Å²) in [6, 6.07) is 6.51. The van der Waals surface area contributed by atoms with Gasteiger partial charge in [-0.05, 0) is 49.9 Å². The van der Waals surface area contributed by atoms with Gasteiger partial charge in [-0.2, -0.15) is 9.29 Å². The zero-order valence-electron chi connectivity index (χ0n) is 19.8. The standard InChI is InChI=1S/C24H30N6O4S/c1-33-18-6-8-20(9-7-18)35(31,32)30-16-14-29(15-17-30)13-10-21-27-23-22(25-11-12-26-23)24(28-21)34-19-4-2-3-5-19/h6-9,11-12,19H,2-5,10,13-17H2,1H3. The predicted octanol–water partition coefficient (Wildman–Crippen LogP) is 2.30. The third kappa shape index (κ3) is 5.36. The highest BCUT2D eigenvalue weighted by molar-refractivity contribution is 7.89.